The van der Waals surface area contributed by atoms with Gasteiger partial charge in [0.15, 0.2) is 5.76 Å². The van der Waals surface area contributed by atoms with E-state index in [1.165, 1.54) is 0 Å². The molecule has 0 bridgehead atoms. The first-order valence-electron chi connectivity index (χ1n) is 9.05. The molecule has 1 fully saturated rings. The highest BCUT2D eigenvalue weighted by Gasteiger charge is 2.20. The summed E-state index contributed by atoms with van der Waals surface area (Å²) < 4.78 is 10.7. The van der Waals surface area contributed by atoms with Gasteiger partial charge in [-0.3, -0.25) is 4.90 Å². The first-order chi connectivity index (χ1) is 13.2. The van der Waals surface area contributed by atoms with Crippen LogP contribution < -0.4 is 9.64 Å². The van der Waals surface area contributed by atoms with E-state index in [2.05, 4.69) is 21.0 Å². The predicted octanol–water partition coefficient (Wildman–Crippen LogP) is 4.33. The van der Waals surface area contributed by atoms with Gasteiger partial charge in [0.05, 0.1) is 24.4 Å². The Kier molecular flexibility index (Phi) is 5.32. The summed E-state index contributed by atoms with van der Waals surface area (Å²) in [6.45, 7) is 4.58. The van der Waals surface area contributed by atoms with E-state index in [9.17, 15) is 0 Å². The Morgan fingerprint density at radius 1 is 1.04 bits per heavy atom. The SMILES string of the molecule is COc1ccc(-c2cc(CN3CCN(c4ccccc4Cl)CC3)on2)cc1. The molecule has 140 valence electrons. The number of methoxy groups -OCH3 is 1. The minimum Gasteiger partial charge on any atom is -0.497 e. The lowest BCUT2D eigenvalue weighted by Crippen LogP contribution is -2.46. The van der Waals surface area contributed by atoms with Gasteiger partial charge in [0.25, 0.3) is 0 Å². The van der Waals surface area contributed by atoms with E-state index < -0.39 is 0 Å². The van der Waals surface area contributed by atoms with Crippen LogP contribution in [0.5, 0.6) is 5.75 Å². The summed E-state index contributed by atoms with van der Waals surface area (Å²) >= 11 is 6.32. The van der Waals surface area contributed by atoms with Crippen LogP contribution in [0.1, 0.15) is 5.76 Å². The molecular weight excluding hydrogens is 362 g/mol. The number of hydrogen-bond acceptors (Lipinski definition) is 5. The fraction of sp³-hybridized carbons (Fsp3) is 0.286. The van der Waals surface area contributed by atoms with Crippen LogP contribution >= 0.6 is 11.6 Å². The second-order valence-electron chi connectivity index (χ2n) is 6.62. The van der Waals surface area contributed by atoms with Gasteiger partial charge in [0, 0.05) is 37.8 Å². The third-order valence-electron chi connectivity index (χ3n) is 4.89. The molecule has 27 heavy (non-hydrogen) atoms. The molecule has 0 atom stereocenters. The number of anilines is 1. The molecule has 2 aromatic carbocycles. The molecule has 2 heterocycles. The van der Waals surface area contributed by atoms with Crippen LogP contribution in [0, 0.1) is 0 Å². The molecule has 0 radical (unpaired) electrons. The molecular formula is C21H22ClN3O2. The maximum Gasteiger partial charge on any atom is 0.151 e. The standard InChI is InChI=1S/C21H22ClN3O2/c1-26-17-8-6-16(7-9-17)20-14-18(27-23-20)15-24-10-12-25(13-11-24)21-5-3-2-4-19(21)22/h2-9,14H,10-13,15H2,1H3. The molecule has 0 saturated carbocycles. The minimum atomic E-state index is 0.763. The van der Waals surface area contributed by atoms with Crippen molar-refractivity contribution < 1.29 is 9.26 Å². The van der Waals surface area contributed by atoms with E-state index in [1.54, 1.807) is 7.11 Å². The van der Waals surface area contributed by atoms with Crippen LogP contribution in [0.25, 0.3) is 11.3 Å². The average molecular weight is 384 g/mol. The van der Waals surface area contributed by atoms with Crippen LogP contribution in [0.2, 0.25) is 5.02 Å². The van der Waals surface area contributed by atoms with Crippen molar-refractivity contribution in [3.63, 3.8) is 0 Å². The van der Waals surface area contributed by atoms with Crippen molar-refractivity contribution in [2.24, 2.45) is 0 Å². The highest BCUT2D eigenvalue weighted by atomic mass is 35.5. The maximum atomic E-state index is 6.32. The first-order valence-corrected chi connectivity index (χ1v) is 9.42. The summed E-state index contributed by atoms with van der Waals surface area (Å²) in [5, 5.41) is 5.02. The van der Waals surface area contributed by atoms with Crippen molar-refractivity contribution >= 4 is 17.3 Å². The third-order valence-corrected chi connectivity index (χ3v) is 5.21. The lowest BCUT2D eigenvalue weighted by atomic mass is 10.1. The Balaban J connectivity index is 1.35. The molecule has 0 N–H and O–H groups in total. The topological polar surface area (TPSA) is 41.7 Å². The lowest BCUT2D eigenvalue weighted by Gasteiger charge is -2.36. The van der Waals surface area contributed by atoms with E-state index in [4.69, 9.17) is 20.9 Å². The number of ether oxygens (including phenoxy) is 1. The molecule has 0 amide bonds. The fourth-order valence-electron chi connectivity index (χ4n) is 3.36. The Hall–Kier alpha value is -2.50. The summed E-state index contributed by atoms with van der Waals surface area (Å²) in [5.74, 6) is 1.71. The van der Waals surface area contributed by atoms with Gasteiger partial charge in [-0.2, -0.15) is 0 Å². The molecule has 3 aromatic rings. The molecule has 0 spiro atoms. The van der Waals surface area contributed by atoms with Crippen LogP contribution in [0.15, 0.2) is 59.1 Å². The number of halogens is 1. The summed E-state index contributed by atoms with van der Waals surface area (Å²) in [6, 6.07) is 17.9. The maximum absolute atomic E-state index is 6.32. The quantitative estimate of drug-likeness (QED) is 0.656. The lowest BCUT2D eigenvalue weighted by molar-refractivity contribution is 0.220. The highest BCUT2D eigenvalue weighted by molar-refractivity contribution is 6.33. The van der Waals surface area contributed by atoms with Crippen molar-refractivity contribution in [1.82, 2.24) is 10.1 Å². The van der Waals surface area contributed by atoms with E-state index in [0.717, 1.165) is 66.2 Å². The normalized spacial score (nSPS) is 15.1. The van der Waals surface area contributed by atoms with Crippen molar-refractivity contribution in [1.29, 1.82) is 0 Å². The molecule has 1 aliphatic rings. The van der Waals surface area contributed by atoms with Gasteiger partial charge in [0.2, 0.25) is 0 Å². The van der Waals surface area contributed by atoms with Gasteiger partial charge in [-0.05, 0) is 36.4 Å². The molecule has 1 aliphatic heterocycles. The molecule has 1 aromatic heterocycles. The zero-order valence-corrected chi connectivity index (χ0v) is 16.0. The Morgan fingerprint density at radius 3 is 2.48 bits per heavy atom. The van der Waals surface area contributed by atoms with E-state index in [-0.39, 0.29) is 0 Å². The smallest absolute Gasteiger partial charge is 0.151 e. The van der Waals surface area contributed by atoms with Crippen LogP contribution in [-0.4, -0.2) is 43.3 Å². The van der Waals surface area contributed by atoms with Crippen LogP contribution in [0.4, 0.5) is 5.69 Å². The second kappa shape index (κ2) is 8.03. The van der Waals surface area contributed by atoms with Gasteiger partial charge < -0.3 is 14.2 Å². The van der Waals surface area contributed by atoms with Crippen LogP contribution in [0.3, 0.4) is 0 Å². The zero-order valence-electron chi connectivity index (χ0n) is 15.3. The average Bonchev–Trinajstić information content (AvgIpc) is 3.18. The number of hydrogen-bond donors (Lipinski definition) is 0. The van der Waals surface area contributed by atoms with Crippen molar-refractivity contribution in [2.75, 3.05) is 38.2 Å². The van der Waals surface area contributed by atoms with E-state index in [1.807, 2.05) is 48.5 Å². The molecule has 1 saturated heterocycles. The van der Waals surface area contributed by atoms with Gasteiger partial charge in [-0.1, -0.05) is 28.9 Å². The molecule has 5 nitrogen and oxygen atoms in total. The molecule has 0 unspecified atom stereocenters. The molecule has 0 aliphatic carbocycles. The van der Waals surface area contributed by atoms with Gasteiger partial charge in [-0.15, -0.1) is 0 Å². The Bertz CT molecular complexity index is 886. The number of para-hydroxylation sites is 1. The summed E-state index contributed by atoms with van der Waals surface area (Å²) in [7, 11) is 1.66. The number of nitrogens with zero attached hydrogens (tertiary/aromatic N) is 3. The van der Waals surface area contributed by atoms with E-state index in [0.29, 0.717) is 0 Å². The van der Waals surface area contributed by atoms with E-state index >= 15 is 0 Å². The number of benzene rings is 2. The molecule has 6 heteroatoms. The second-order valence-corrected chi connectivity index (χ2v) is 7.03. The third kappa shape index (κ3) is 4.10. The Labute approximate surface area is 164 Å². The minimum absolute atomic E-state index is 0.763. The van der Waals surface area contributed by atoms with Crippen molar-refractivity contribution in [3.05, 3.63) is 65.4 Å². The monoisotopic (exact) mass is 383 g/mol. The van der Waals surface area contributed by atoms with Crippen LogP contribution in [-0.2, 0) is 6.54 Å². The largest absolute Gasteiger partial charge is 0.497 e. The summed E-state index contributed by atoms with van der Waals surface area (Å²) in [4.78, 5) is 4.72. The van der Waals surface area contributed by atoms with Gasteiger partial charge >= 0.3 is 0 Å². The van der Waals surface area contributed by atoms with Gasteiger partial charge in [0.1, 0.15) is 11.4 Å². The van der Waals surface area contributed by atoms with Crippen molar-refractivity contribution in [3.8, 4) is 17.0 Å². The van der Waals surface area contributed by atoms with Gasteiger partial charge in [-0.25, -0.2) is 0 Å². The fourth-order valence-corrected chi connectivity index (χ4v) is 3.62. The number of rotatable bonds is 5. The first kappa shape index (κ1) is 17.9. The zero-order chi connectivity index (χ0) is 18.6. The number of piperazine rings is 1. The highest BCUT2D eigenvalue weighted by Crippen LogP contribution is 2.27. The summed E-state index contributed by atoms with van der Waals surface area (Å²) in [5.41, 5.74) is 2.98. The summed E-state index contributed by atoms with van der Waals surface area (Å²) in [6.07, 6.45) is 0. The predicted molar refractivity (Wildman–Crippen MR) is 107 cm³/mol. The Morgan fingerprint density at radius 2 is 1.78 bits per heavy atom. The number of aromatic nitrogens is 1. The van der Waals surface area contributed by atoms with Crippen molar-refractivity contribution in [2.45, 2.75) is 6.54 Å². The molecule has 4 rings (SSSR count).